The van der Waals surface area contributed by atoms with Gasteiger partial charge in [-0.05, 0) is 26.7 Å². The Morgan fingerprint density at radius 1 is 1.64 bits per heavy atom. The van der Waals surface area contributed by atoms with E-state index >= 15 is 0 Å². The van der Waals surface area contributed by atoms with Crippen molar-refractivity contribution in [2.75, 3.05) is 19.8 Å². The fourth-order valence-electron chi connectivity index (χ4n) is 1.60. The highest BCUT2D eigenvalue weighted by molar-refractivity contribution is 5.79. The maximum absolute atomic E-state index is 5.42. The lowest BCUT2D eigenvalue weighted by Gasteiger charge is -2.35. The summed E-state index contributed by atoms with van der Waals surface area (Å²) in [5.74, 6) is 5.99. The predicted octanol–water partition coefficient (Wildman–Crippen LogP) is -0.0157. The van der Waals surface area contributed by atoms with Gasteiger partial charge in [0.1, 0.15) is 0 Å². The molecule has 0 amide bonds. The quantitative estimate of drug-likeness (QED) is 0.254. The van der Waals surface area contributed by atoms with Crippen LogP contribution in [0.1, 0.15) is 26.7 Å². The van der Waals surface area contributed by atoms with Gasteiger partial charge in [0.25, 0.3) is 0 Å². The molecule has 0 bridgehead atoms. The second-order valence-electron chi connectivity index (χ2n) is 3.81. The van der Waals surface area contributed by atoms with Gasteiger partial charge in [-0.1, -0.05) is 0 Å². The van der Waals surface area contributed by atoms with E-state index in [-0.39, 0.29) is 5.54 Å². The average molecular weight is 200 g/mol. The van der Waals surface area contributed by atoms with Crippen molar-refractivity contribution in [1.29, 1.82) is 0 Å². The molecule has 0 aromatic carbocycles. The van der Waals surface area contributed by atoms with Gasteiger partial charge in [-0.25, -0.2) is 5.84 Å². The van der Waals surface area contributed by atoms with E-state index in [1.165, 1.54) is 0 Å². The number of nitrogens with two attached hydrogens (primary N) is 1. The zero-order valence-corrected chi connectivity index (χ0v) is 8.97. The van der Waals surface area contributed by atoms with Crippen molar-refractivity contribution in [3.63, 3.8) is 0 Å². The van der Waals surface area contributed by atoms with Crippen LogP contribution in [0.5, 0.6) is 0 Å². The minimum atomic E-state index is -0.0430. The molecule has 1 heterocycles. The number of rotatable bonds is 2. The SMILES string of the molecule is CCN=C(NN)NC1(C)CCCOC1. The largest absolute Gasteiger partial charge is 0.379 e. The van der Waals surface area contributed by atoms with Crippen molar-refractivity contribution < 1.29 is 4.74 Å². The monoisotopic (exact) mass is 200 g/mol. The molecule has 1 aliphatic rings. The molecule has 0 spiro atoms. The molecule has 0 aliphatic carbocycles. The van der Waals surface area contributed by atoms with Crippen molar-refractivity contribution in [1.82, 2.24) is 10.7 Å². The van der Waals surface area contributed by atoms with E-state index in [9.17, 15) is 0 Å². The Balaban J connectivity index is 2.50. The number of guanidine groups is 1. The summed E-state index contributed by atoms with van der Waals surface area (Å²) < 4.78 is 5.42. The van der Waals surface area contributed by atoms with E-state index in [1.807, 2.05) is 6.92 Å². The van der Waals surface area contributed by atoms with Crippen LogP contribution in [0.15, 0.2) is 4.99 Å². The molecule has 1 aliphatic heterocycles. The number of nitrogens with one attached hydrogen (secondary N) is 2. The van der Waals surface area contributed by atoms with Gasteiger partial charge < -0.3 is 10.1 Å². The smallest absolute Gasteiger partial charge is 0.206 e. The Bertz CT molecular complexity index is 199. The fraction of sp³-hybridized carbons (Fsp3) is 0.889. The predicted molar refractivity (Wildman–Crippen MR) is 56.9 cm³/mol. The lowest BCUT2D eigenvalue weighted by atomic mass is 9.95. The van der Waals surface area contributed by atoms with Crippen LogP contribution >= 0.6 is 0 Å². The molecule has 0 aromatic heterocycles. The van der Waals surface area contributed by atoms with E-state index < -0.39 is 0 Å². The molecule has 14 heavy (non-hydrogen) atoms. The van der Waals surface area contributed by atoms with Crippen LogP contribution in [0.4, 0.5) is 0 Å². The number of ether oxygens (including phenoxy) is 1. The third kappa shape index (κ3) is 3.16. The van der Waals surface area contributed by atoms with Gasteiger partial charge in [0.05, 0.1) is 12.1 Å². The maximum atomic E-state index is 5.42. The lowest BCUT2D eigenvalue weighted by Crippen LogP contribution is -2.56. The van der Waals surface area contributed by atoms with Gasteiger partial charge in [-0.2, -0.15) is 0 Å². The van der Waals surface area contributed by atoms with Crippen molar-refractivity contribution in [3.05, 3.63) is 0 Å². The van der Waals surface area contributed by atoms with Crippen molar-refractivity contribution in [2.24, 2.45) is 10.8 Å². The van der Waals surface area contributed by atoms with E-state index in [0.29, 0.717) is 19.1 Å². The maximum Gasteiger partial charge on any atom is 0.206 e. The molecule has 1 fully saturated rings. The van der Waals surface area contributed by atoms with Gasteiger partial charge in [0, 0.05) is 13.2 Å². The highest BCUT2D eigenvalue weighted by Crippen LogP contribution is 2.17. The Morgan fingerprint density at radius 2 is 2.43 bits per heavy atom. The first-order valence-corrected chi connectivity index (χ1v) is 5.07. The normalized spacial score (nSPS) is 28.6. The summed E-state index contributed by atoms with van der Waals surface area (Å²) in [5.41, 5.74) is 2.52. The van der Waals surface area contributed by atoms with Crippen molar-refractivity contribution in [3.8, 4) is 0 Å². The Kier molecular flexibility index (Phi) is 4.16. The van der Waals surface area contributed by atoms with Crippen LogP contribution in [0.2, 0.25) is 0 Å². The minimum Gasteiger partial charge on any atom is -0.379 e. The number of hydrazine groups is 1. The summed E-state index contributed by atoms with van der Waals surface area (Å²) in [6, 6.07) is 0. The van der Waals surface area contributed by atoms with E-state index in [4.69, 9.17) is 10.6 Å². The van der Waals surface area contributed by atoms with Crippen LogP contribution < -0.4 is 16.6 Å². The highest BCUT2D eigenvalue weighted by Gasteiger charge is 2.28. The summed E-state index contributed by atoms with van der Waals surface area (Å²) in [4.78, 5) is 4.20. The summed E-state index contributed by atoms with van der Waals surface area (Å²) >= 11 is 0. The molecule has 1 saturated heterocycles. The van der Waals surface area contributed by atoms with E-state index in [2.05, 4.69) is 22.7 Å². The van der Waals surface area contributed by atoms with Crippen molar-refractivity contribution >= 4 is 5.96 Å². The molecule has 5 nitrogen and oxygen atoms in total. The standard InChI is InChI=1S/C9H20N4O/c1-3-11-8(13-10)12-9(2)5-4-6-14-7-9/h3-7,10H2,1-2H3,(H2,11,12,13). The Morgan fingerprint density at radius 3 is 2.93 bits per heavy atom. The van der Waals surface area contributed by atoms with E-state index in [0.717, 1.165) is 19.4 Å². The van der Waals surface area contributed by atoms with Crippen LogP contribution in [0.3, 0.4) is 0 Å². The highest BCUT2D eigenvalue weighted by atomic mass is 16.5. The van der Waals surface area contributed by atoms with Crippen LogP contribution in [-0.4, -0.2) is 31.3 Å². The van der Waals surface area contributed by atoms with Gasteiger partial charge in [-0.15, -0.1) is 0 Å². The topological polar surface area (TPSA) is 71.7 Å². The molecule has 0 saturated carbocycles. The second-order valence-corrected chi connectivity index (χ2v) is 3.81. The molecular weight excluding hydrogens is 180 g/mol. The summed E-state index contributed by atoms with van der Waals surface area (Å²) in [6.45, 7) is 6.36. The zero-order valence-electron chi connectivity index (χ0n) is 8.97. The first-order chi connectivity index (χ1) is 6.70. The summed E-state index contributed by atoms with van der Waals surface area (Å²) in [5, 5.41) is 3.27. The molecule has 4 N–H and O–H groups in total. The molecule has 1 rings (SSSR count). The molecular formula is C9H20N4O. The average Bonchev–Trinajstić information content (AvgIpc) is 2.18. The third-order valence-electron chi connectivity index (χ3n) is 2.31. The van der Waals surface area contributed by atoms with Gasteiger partial charge >= 0.3 is 0 Å². The Hall–Kier alpha value is -0.810. The fourth-order valence-corrected chi connectivity index (χ4v) is 1.60. The molecule has 1 unspecified atom stereocenters. The molecule has 0 aromatic rings. The van der Waals surface area contributed by atoms with E-state index in [1.54, 1.807) is 0 Å². The zero-order chi connectivity index (χ0) is 10.4. The van der Waals surface area contributed by atoms with Crippen LogP contribution in [-0.2, 0) is 4.74 Å². The summed E-state index contributed by atoms with van der Waals surface area (Å²) in [6.07, 6.45) is 2.16. The number of hydrogen-bond acceptors (Lipinski definition) is 3. The number of aliphatic imine (C=N–C) groups is 1. The first-order valence-electron chi connectivity index (χ1n) is 5.07. The van der Waals surface area contributed by atoms with Crippen molar-refractivity contribution in [2.45, 2.75) is 32.2 Å². The first kappa shape index (κ1) is 11.3. The molecule has 5 heteroatoms. The minimum absolute atomic E-state index is 0.0430. The molecule has 1 atom stereocenters. The molecule has 82 valence electrons. The van der Waals surface area contributed by atoms with Gasteiger partial charge in [0.2, 0.25) is 5.96 Å². The molecule has 0 radical (unpaired) electrons. The third-order valence-corrected chi connectivity index (χ3v) is 2.31. The lowest BCUT2D eigenvalue weighted by molar-refractivity contribution is 0.0367. The van der Waals surface area contributed by atoms with Crippen LogP contribution in [0, 0.1) is 0 Å². The number of hydrogen-bond donors (Lipinski definition) is 3. The van der Waals surface area contributed by atoms with Gasteiger partial charge in [-0.3, -0.25) is 10.4 Å². The van der Waals surface area contributed by atoms with Gasteiger partial charge in [0.15, 0.2) is 0 Å². The Labute approximate surface area is 85.1 Å². The second kappa shape index (κ2) is 5.17. The number of nitrogens with zero attached hydrogens (tertiary/aromatic N) is 1. The van der Waals surface area contributed by atoms with Crippen LogP contribution in [0.25, 0.3) is 0 Å². The summed E-state index contributed by atoms with van der Waals surface area (Å²) in [7, 11) is 0.